The fourth-order valence-electron chi connectivity index (χ4n) is 4.23. The third-order valence-electron chi connectivity index (χ3n) is 5.54. The average Bonchev–Trinajstić information content (AvgIpc) is 2.68. The topological polar surface area (TPSA) is 56.1 Å². The molecule has 2 aromatic rings. The summed E-state index contributed by atoms with van der Waals surface area (Å²) in [5.41, 5.74) is 3.60. The van der Waals surface area contributed by atoms with E-state index >= 15 is 0 Å². The third kappa shape index (κ3) is 4.23. The molecule has 0 saturated carbocycles. The number of nitriles is 1. The van der Waals surface area contributed by atoms with Gasteiger partial charge in [0.15, 0.2) is 0 Å². The van der Waals surface area contributed by atoms with Gasteiger partial charge in [-0.05, 0) is 42.3 Å². The smallest absolute Gasteiger partial charge is 0.224 e. The van der Waals surface area contributed by atoms with Crippen LogP contribution in [0.15, 0.2) is 30.3 Å². The Balaban J connectivity index is 1.54. The lowest BCUT2D eigenvalue weighted by Crippen LogP contribution is -2.38. The lowest BCUT2D eigenvalue weighted by molar-refractivity contribution is 0.241. The Morgan fingerprint density at radius 3 is 2.85 bits per heavy atom. The normalized spacial score (nSPS) is 20.1. The van der Waals surface area contributed by atoms with Crippen LogP contribution < -0.4 is 4.90 Å². The van der Waals surface area contributed by atoms with E-state index in [1.54, 1.807) is 0 Å². The second kappa shape index (κ2) is 8.24. The predicted octanol–water partition coefficient (Wildman–Crippen LogP) is 3.82. The van der Waals surface area contributed by atoms with Crippen molar-refractivity contribution in [2.24, 2.45) is 5.92 Å². The zero-order valence-electron chi connectivity index (χ0n) is 15.4. The van der Waals surface area contributed by atoms with Crippen LogP contribution in [0, 0.1) is 17.2 Å². The summed E-state index contributed by atoms with van der Waals surface area (Å²) in [6.45, 7) is 4.59. The molecular formula is C21H24ClN5. The molecule has 1 saturated heterocycles. The molecule has 0 aliphatic carbocycles. The number of fused-ring (bicyclic) bond motifs is 1. The molecule has 1 aromatic carbocycles. The lowest BCUT2D eigenvalue weighted by atomic mass is 9.94. The molecule has 0 bridgehead atoms. The first-order valence-corrected chi connectivity index (χ1v) is 10.0. The maximum absolute atomic E-state index is 9.04. The van der Waals surface area contributed by atoms with Crippen LogP contribution in [0.4, 0.5) is 5.82 Å². The molecule has 2 aliphatic rings. The van der Waals surface area contributed by atoms with Gasteiger partial charge in [0.1, 0.15) is 5.82 Å². The SMILES string of the molecule is N#CCC1CCCN(c2nc(Cl)nc3c2CCN(Cc2ccccc2)C3)C1. The van der Waals surface area contributed by atoms with Crippen LogP contribution in [0.25, 0.3) is 0 Å². The van der Waals surface area contributed by atoms with E-state index < -0.39 is 0 Å². The first kappa shape index (κ1) is 18.2. The van der Waals surface area contributed by atoms with E-state index in [1.807, 2.05) is 6.07 Å². The van der Waals surface area contributed by atoms with Gasteiger partial charge in [-0.25, -0.2) is 9.97 Å². The molecule has 3 heterocycles. The number of aromatic nitrogens is 2. The highest BCUT2D eigenvalue weighted by atomic mass is 35.5. The highest BCUT2D eigenvalue weighted by Gasteiger charge is 2.28. The molecule has 5 nitrogen and oxygen atoms in total. The van der Waals surface area contributed by atoms with E-state index in [9.17, 15) is 0 Å². The van der Waals surface area contributed by atoms with Crippen molar-refractivity contribution in [2.45, 2.75) is 38.8 Å². The van der Waals surface area contributed by atoms with Crippen LogP contribution in [0.1, 0.15) is 36.1 Å². The van der Waals surface area contributed by atoms with Gasteiger partial charge in [-0.15, -0.1) is 0 Å². The van der Waals surface area contributed by atoms with Crippen LogP contribution in [-0.4, -0.2) is 34.5 Å². The van der Waals surface area contributed by atoms with Gasteiger partial charge in [0.05, 0.1) is 11.8 Å². The minimum atomic E-state index is 0.327. The van der Waals surface area contributed by atoms with Crippen molar-refractivity contribution in [1.82, 2.24) is 14.9 Å². The molecule has 140 valence electrons. The highest BCUT2D eigenvalue weighted by Crippen LogP contribution is 2.31. The van der Waals surface area contributed by atoms with Crippen molar-refractivity contribution in [3.05, 3.63) is 52.4 Å². The molecule has 1 aromatic heterocycles. The molecule has 1 unspecified atom stereocenters. The van der Waals surface area contributed by atoms with Crippen molar-refractivity contribution in [1.29, 1.82) is 5.26 Å². The number of rotatable bonds is 4. The summed E-state index contributed by atoms with van der Waals surface area (Å²) in [6, 6.07) is 12.9. The van der Waals surface area contributed by atoms with Crippen molar-refractivity contribution < 1.29 is 0 Å². The van der Waals surface area contributed by atoms with E-state index in [0.29, 0.717) is 17.6 Å². The summed E-state index contributed by atoms with van der Waals surface area (Å²) < 4.78 is 0. The quantitative estimate of drug-likeness (QED) is 0.753. The van der Waals surface area contributed by atoms with Crippen molar-refractivity contribution in [3.63, 3.8) is 0 Å². The van der Waals surface area contributed by atoms with E-state index in [2.05, 4.69) is 50.1 Å². The Bertz CT molecular complexity index is 832. The van der Waals surface area contributed by atoms with E-state index in [4.69, 9.17) is 16.9 Å². The number of halogens is 1. The largest absolute Gasteiger partial charge is 0.356 e. The minimum Gasteiger partial charge on any atom is -0.356 e. The van der Waals surface area contributed by atoms with E-state index in [0.717, 1.165) is 63.5 Å². The molecule has 6 heteroatoms. The predicted molar refractivity (Wildman–Crippen MR) is 106 cm³/mol. The Hall–Kier alpha value is -2.16. The summed E-state index contributed by atoms with van der Waals surface area (Å²) in [4.78, 5) is 13.9. The van der Waals surface area contributed by atoms with Gasteiger partial charge in [-0.3, -0.25) is 4.90 Å². The molecule has 1 atom stereocenters. The number of benzene rings is 1. The molecule has 27 heavy (non-hydrogen) atoms. The third-order valence-corrected chi connectivity index (χ3v) is 5.71. The monoisotopic (exact) mass is 381 g/mol. The Morgan fingerprint density at radius 2 is 2.04 bits per heavy atom. The molecule has 1 fully saturated rings. The van der Waals surface area contributed by atoms with Gasteiger partial charge in [0.2, 0.25) is 5.28 Å². The zero-order chi connectivity index (χ0) is 18.6. The fraction of sp³-hybridized carbons (Fsp3) is 0.476. The second-order valence-corrected chi connectivity index (χ2v) is 7.84. The standard InChI is InChI=1S/C21H24ClN5/c22-21-24-19-15-26(13-16-5-2-1-3-6-16)12-9-18(19)20(25-21)27-11-4-7-17(14-27)8-10-23/h1-3,5-6,17H,4,7-9,11-15H2. The van der Waals surface area contributed by atoms with Crippen molar-refractivity contribution in [2.75, 3.05) is 24.5 Å². The van der Waals surface area contributed by atoms with E-state index in [1.165, 1.54) is 11.1 Å². The fourth-order valence-corrected chi connectivity index (χ4v) is 4.41. The van der Waals surface area contributed by atoms with Crippen LogP contribution in [0.3, 0.4) is 0 Å². The number of nitrogens with zero attached hydrogens (tertiary/aromatic N) is 5. The van der Waals surface area contributed by atoms with Crippen molar-refractivity contribution >= 4 is 17.4 Å². The summed E-state index contributed by atoms with van der Waals surface area (Å²) in [7, 11) is 0. The number of anilines is 1. The molecular weight excluding hydrogens is 358 g/mol. The maximum atomic E-state index is 9.04. The number of hydrogen-bond acceptors (Lipinski definition) is 5. The Labute approximate surface area is 165 Å². The van der Waals surface area contributed by atoms with Crippen LogP contribution in [-0.2, 0) is 19.5 Å². The molecule has 0 N–H and O–H groups in total. The van der Waals surface area contributed by atoms with Crippen LogP contribution in [0.5, 0.6) is 0 Å². The summed E-state index contributed by atoms with van der Waals surface area (Å²) in [5.74, 6) is 1.42. The number of piperidine rings is 1. The zero-order valence-corrected chi connectivity index (χ0v) is 16.2. The van der Waals surface area contributed by atoms with Gasteiger partial charge in [-0.1, -0.05) is 30.3 Å². The molecule has 0 radical (unpaired) electrons. The van der Waals surface area contributed by atoms with E-state index in [-0.39, 0.29) is 0 Å². The van der Waals surface area contributed by atoms with Gasteiger partial charge in [0.25, 0.3) is 0 Å². The minimum absolute atomic E-state index is 0.327. The van der Waals surface area contributed by atoms with Gasteiger partial charge >= 0.3 is 0 Å². The molecule has 0 spiro atoms. The Kier molecular flexibility index (Phi) is 5.56. The van der Waals surface area contributed by atoms with Gasteiger partial charge in [-0.2, -0.15) is 5.26 Å². The van der Waals surface area contributed by atoms with Crippen LogP contribution >= 0.6 is 11.6 Å². The highest BCUT2D eigenvalue weighted by molar-refractivity contribution is 6.28. The first-order chi connectivity index (χ1) is 13.2. The summed E-state index contributed by atoms with van der Waals surface area (Å²) in [6.07, 6.45) is 3.77. The van der Waals surface area contributed by atoms with Gasteiger partial charge in [0, 0.05) is 44.7 Å². The van der Waals surface area contributed by atoms with Gasteiger partial charge < -0.3 is 4.90 Å². The molecule has 0 amide bonds. The summed E-state index contributed by atoms with van der Waals surface area (Å²) >= 11 is 6.29. The lowest BCUT2D eigenvalue weighted by Gasteiger charge is -2.36. The van der Waals surface area contributed by atoms with Crippen LogP contribution in [0.2, 0.25) is 5.28 Å². The molecule has 2 aliphatic heterocycles. The summed E-state index contributed by atoms with van der Waals surface area (Å²) in [5, 5.41) is 9.37. The number of hydrogen-bond donors (Lipinski definition) is 0. The average molecular weight is 382 g/mol. The molecule has 4 rings (SSSR count). The Morgan fingerprint density at radius 1 is 1.19 bits per heavy atom. The maximum Gasteiger partial charge on any atom is 0.224 e. The van der Waals surface area contributed by atoms with Crippen molar-refractivity contribution in [3.8, 4) is 6.07 Å². The first-order valence-electron chi connectivity index (χ1n) is 9.66. The second-order valence-electron chi connectivity index (χ2n) is 7.50.